The topological polar surface area (TPSA) is 35.2 Å². The number of fused-ring (bicyclic) bond motifs is 1. The Morgan fingerprint density at radius 3 is 2.95 bits per heavy atom. The maximum absolute atomic E-state index is 6.41. The van der Waals surface area contributed by atoms with Crippen LogP contribution in [0.3, 0.4) is 0 Å². The molecular weight excluding hydrogens is 350 g/mol. The van der Waals surface area contributed by atoms with Crippen molar-refractivity contribution in [3.63, 3.8) is 0 Å². The number of halogens is 2. The predicted molar refractivity (Wildman–Crippen MR) is 90.2 cm³/mol. The molecule has 1 aliphatic heterocycles. The third-order valence-electron chi connectivity index (χ3n) is 3.91. The van der Waals surface area contributed by atoms with Gasteiger partial charge in [0.2, 0.25) is 0 Å². The molecule has 1 heterocycles. The molecule has 3 rings (SSSR count). The molecule has 2 aromatic carbocycles. The summed E-state index contributed by atoms with van der Waals surface area (Å²) in [5.74, 6) is 1.01. The van der Waals surface area contributed by atoms with Gasteiger partial charge in [-0.2, -0.15) is 0 Å². The first-order chi connectivity index (χ1) is 10.0. The van der Waals surface area contributed by atoms with E-state index in [9.17, 15) is 0 Å². The van der Waals surface area contributed by atoms with Gasteiger partial charge in [0, 0.05) is 22.0 Å². The Morgan fingerprint density at radius 2 is 2.14 bits per heavy atom. The Bertz CT molecular complexity index is 687. The van der Waals surface area contributed by atoms with Gasteiger partial charge in [-0.15, -0.1) is 0 Å². The number of hydrogen-bond acceptors (Lipinski definition) is 2. The monoisotopic (exact) mass is 365 g/mol. The Hall–Kier alpha value is -1.03. The van der Waals surface area contributed by atoms with Crippen LogP contribution in [0.5, 0.6) is 5.75 Å². The van der Waals surface area contributed by atoms with Crippen molar-refractivity contribution in [1.82, 2.24) is 0 Å². The van der Waals surface area contributed by atoms with E-state index >= 15 is 0 Å². The minimum Gasteiger partial charge on any atom is -0.493 e. The van der Waals surface area contributed by atoms with Gasteiger partial charge in [0.05, 0.1) is 6.61 Å². The average Bonchev–Trinajstić information content (AvgIpc) is 2.89. The first-order valence-electron chi connectivity index (χ1n) is 7.00. The lowest BCUT2D eigenvalue weighted by molar-refractivity contribution is 0.352. The Labute approximate surface area is 138 Å². The van der Waals surface area contributed by atoms with Gasteiger partial charge in [-0.25, -0.2) is 0 Å². The summed E-state index contributed by atoms with van der Waals surface area (Å²) in [6.45, 7) is 2.82. The maximum Gasteiger partial charge on any atom is 0.125 e. The van der Waals surface area contributed by atoms with Crippen molar-refractivity contribution in [3.05, 3.63) is 62.1 Å². The SMILES string of the molecule is Cc1ccc(Cl)cc1C(N)Cc1cc(Br)cc2c1OCC2. The molecule has 0 aromatic heterocycles. The van der Waals surface area contributed by atoms with E-state index in [-0.39, 0.29) is 6.04 Å². The molecule has 0 bridgehead atoms. The summed E-state index contributed by atoms with van der Waals surface area (Å²) < 4.78 is 6.85. The Kier molecular flexibility index (Phi) is 4.25. The maximum atomic E-state index is 6.41. The van der Waals surface area contributed by atoms with E-state index in [2.05, 4.69) is 35.0 Å². The molecule has 4 heteroatoms. The summed E-state index contributed by atoms with van der Waals surface area (Å²) in [7, 11) is 0. The summed E-state index contributed by atoms with van der Waals surface area (Å²) >= 11 is 9.67. The highest BCUT2D eigenvalue weighted by Crippen LogP contribution is 2.35. The summed E-state index contributed by atoms with van der Waals surface area (Å²) in [4.78, 5) is 0. The summed E-state index contributed by atoms with van der Waals surface area (Å²) in [5.41, 5.74) is 11.1. The second-order valence-corrected chi connectivity index (χ2v) is 6.82. The minimum atomic E-state index is -0.0914. The van der Waals surface area contributed by atoms with Crippen LogP contribution in [0, 0.1) is 6.92 Å². The van der Waals surface area contributed by atoms with Crippen LogP contribution in [0.4, 0.5) is 0 Å². The van der Waals surface area contributed by atoms with Crippen LogP contribution in [0.1, 0.15) is 28.3 Å². The van der Waals surface area contributed by atoms with Gasteiger partial charge in [0.25, 0.3) is 0 Å². The van der Waals surface area contributed by atoms with Crippen molar-refractivity contribution in [2.24, 2.45) is 5.73 Å². The van der Waals surface area contributed by atoms with Gasteiger partial charge in [-0.1, -0.05) is 33.6 Å². The molecule has 2 N–H and O–H groups in total. The molecule has 0 radical (unpaired) electrons. The van der Waals surface area contributed by atoms with E-state index in [1.807, 2.05) is 18.2 Å². The fourth-order valence-electron chi connectivity index (χ4n) is 2.86. The molecule has 0 fully saturated rings. The lowest BCUT2D eigenvalue weighted by Gasteiger charge is -2.17. The molecule has 0 saturated heterocycles. The highest BCUT2D eigenvalue weighted by molar-refractivity contribution is 9.10. The molecule has 0 saturated carbocycles. The van der Waals surface area contributed by atoms with E-state index < -0.39 is 0 Å². The van der Waals surface area contributed by atoms with E-state index in [0.717, 1.165) is 45.8 Å². The Morgan fingerprint density at radius 1 is 1.33 bits per heavy atom. The van der Waals surface area contributed by atoms with Gasteiger partial charge in [-0.05, 0) is 59.9 Å². The number of ether oxygens (including phenoxy) is 1. The van der Waals surface area contributed by atoms with Crippen LogP contribution in [0.15, 0.2) is 34.8 Å². The third-order valence-corrected chi connectivity index (χ3v) is 4.60. The van der Waals surface area contributed by atoms with Gasteiger partial charge in [0.1, 0.15) is 5.75 Å². The van der Waals surface area contributed by atoms with Gasteiger partial charge in [0.15, 0.2) is 0 Å². The summed E-state index contributed by atoms with van der Waals surface area (Å²) in [6.07, 6.45) is 1.70. The number of benzene rings is 2. The van der Waals surface area contributed by atoms with Gasteiger partial charge >= 0.3 is 0 Å². The molecule has 1 atom stereocenters. The van der Waals surface area contributed by atoms with Crippen LogP contribution in [0.2, 0.25) is 5.02 Å². The van der Waals surface area contributed by atoms with Crippen molar-refractivity contribution in [1.29, 1.82) is 0 Å². The van der Waals surface area contributed by atoms with Crippen LogP contribution < -0.4 is 10.5 Å². The zero-order chi connectivity index (χ0) is 15.0. The van der Waals surface area contributed by atoms with Crippen LogP contribution in [-0.2, 0) is 12.8 Å². The van der Waals surface area contributed by atoms with E-state index in [1.54, 1.807) is 0 Å². The van der Waals surface area contributed by atoms with Crippen molar-refractivity contribution in [2.45, 2.75) is 25.8 Å². The van der Waals surface area contributed by atoms with Crippen LogP contribution >= 0.6 is 27.5 Å². The number of aryl methyl sites for hydroxylation is 1. The molecule has 1 unspecified atom stereocenters. The molecular formula is C17H17BrClNO. The lowest BCUT2D eigenvalue weighted by Crippen LogP contribution is -2.15. The molecule has 2 nitrogen and oxygen atoms in total. The smallest absolute Gasteiger partial charge is 0.125 e. The van der Waals surface area contributed by atoms with E-state index in [0.29, 0.717) is 0 Å². The first-order valence-corrected chi connectivity index (χ1v) is 8.17. The lowest BCUT2D eigenvalue weighted by atomic mass is 9.95. The molecule has 0 amide bonds. The fourth-order valence-corrected chi connectivity index (χ4v) is 3.59. The van der Waals surface area contributed by atoms with Crippen molar-refractivity contribution in [3.8, 4) is 5.75 Å². The van der Waals surface area contributed by atoms with Crippen LogP contribution in [0.25, 0.3) is 0 Å². The second kappa shape index (κ2) is 5.99. The third kappa shape index (κ3) is 3.10. The van der Waals surface area contributed by atoms with Gasteiger partial charge < -0.3 is 10.5 Å². The van der Waals surface area contributed by atoms with Crippen molar-refractivity contribution >= 4 is 27.5 Å². The van der Waals surface area contributed by atoms with E-state index in [1.165, 1.54) is 11.1 Å². The zero-order valence-electron chi connectivity index (χ0n) is 11.8. The van der Waals surface area contributed by atoms with Crippen molar-refractivity contribution < 1.29 is 4.74 Å². The summed E-state index contributed by atoms with van der Waals surface area (Å²) in [5, 5.41) is 0.724. The summed E-state index contributed by atoms with van der Waals surface area (Å²) in [6, 6.07) is 10.0. The highest BCUT2D eigenvalue weighted by Gasteiger charge is 2.20. The highest BCUT2D eigenvalue weighted by atomic mass is 79.9. The predicted octanol–water partition coefficient (Wildman–Crippen LogP) is 4.59. The molecule has 0 aliphatic carbocycles. The average molecular weight is 367 g/mol. The number of nitrogens with two attached hydrogens (primary N) is 1. The quantitative estimate of drug-likeness (QED) is 0.862. The largest absolute Gasteiger partial charge is 0.493 e. The molecule has 21 heavy (non-hydrogen) atoms. The molecule has 2 aromatic rings. The molecule has 0 spiro atoms. The fraction of sp³-hybridized carbons (Fsp3) is 0.294. The molecule has 110 valence electrons. The normalized spacial score (nSPS) is 14.7. The molecule has 1 aliphatic rings. The van der Waals surface area contributed by atoms with Crippen molar-refractivity contribution in [2.75, 3.05) is 6.61 Å². The number of hydrogen-bond donors (Lipinski definition) is 1. The number of rotatable bonds is 3. The van der Waals surface area contributed by atoms with Crippen LogP contribution in [-0.4, -0.2) is 6.61 Å². The second-order valence-electron chi connectivity index (χ2n) is 5.46. The standard InChI is InChI=1S/C17H17BrClNO/c1-10-2-3-14(19)9-15(10)16(20)8-12-7-13(18)6-11-4-5-21-17(11)12/h2-3,6-7,9,16H,4-5,8,20H2,1H3. The minimum absolute atomic E-state index is 0.0914. The van der Waals surface area contributed by atoms with E-state index in [4.69, 9.17) is 22.1 Å². The first kappa shape index (κ1) is 14.9. The van der Waals surface area contributed by atoms with Gasteiger partial charge in [-0.3, -0.25) is 0 Å². The zero-order valence-corrected chi connectivity index (χ0v) is 14.2. The Balaban J connectivity index is 1.92.